The summed E-state index contributed by atoms with van der Waals surface area (Å²) in [5.74, 6) is 0.485. The number of hydrogen-bond donors (Lipinski definition) is 0. The van der Waals surface area contributed by atoms with Gasteiger partial charge in [0.05, 0.1) is 23.7 Å². The third-order valence-corrected chi connectivity index (χ3v) is 4.28. The Kier molecular flexibility index (Phi) is 6.50. The molecule has 0 unspecified atom stereocenters. The molecule has 0 saturated carbocycles. The second-order valence-corrected chi connectivity index (χ2v) is 6.79. The summed E-state index contributed by atoms with van der Waals surface area (Å²) in [6.45, 7) is 3.60. The van der Waals surface area contributed by atoms with E-state index in [1.54, 1.807) is 6.92 Å². The highest BCUT2D eigenvalue weighted by atomic mass is 19.4. The van der Waals surface area contributed by atoms with Gasteiger partial charge in [0, 0.05) is 17.2 Å². The lowest BCUT2D eigenvalue weighted by Crippen LogP contribution is -2.34. The molecular weight excluding hydrogens is 400 g/mol. The quantitative estimate of drug-likeness (QED) is 0.554. The van der Waals surface area contributed by atoms with Gasteiger partial charge >= 0.3 is 12.4 Å². The van der Waals surface area contributed by atoms with E-state index in [2.05, 4.69) is 5.16 Å². The molecule has 0 saturated heterocycles. The lowest BCUT2D eigenvalue weighted by atomic mass is 10.0. The van der Waals surface area contributed by atoms with Crippen LogP contribution < -0.4 is 4.90 Å². The summed E-state index contributed by atoms with van der Waals surface area (Å²) in [7, 11) is 0. The minimum absolute atomic E-state index is 0.0472. The average molecular weight is 419 g/mol. The van der Waals surface area contributed by atoms with Gasteiger partial charge in [-0.3, -0.25) is 0 Å². The van der Waals surface area contributed by atoms with Crippen molar-refractivity contribution in [2.24, 2.45) is 0 Å². The molecule has 0 spiro atoms. The fourth-order valence-electron chi connectivity index (χ4n) is 3.01. The Labute approximate surface area is 163 Å². The number of benzene rings is 1. The number of alkyl halides is 6. The zero-order chi connectivity index (χ0) is 22.0. The molecule has 0 radical (unpaired) electrons. The fourth-order valence-corrected chi connectivity index (χ4v) is 3.01. The number of hydrogen-bond acceptors (Lipinski definition) is 4. The van der Waals surface area contributed by atoms with Crippen LogP contribution in [0.5, 0.6) is 0 Å². The Morgan fingerprint density at radius 2 is 1.83 bits per heavy atom. The zero-order valence-corrected chi connectivity index (χ0v) is 15.9. The van der Waals surface area contributed by atoms with E-state index in [9.17, 15) is 26.3 Å². The lowest BCUT2D eigenvalue weighted by Gasteiger charge is -2.26. The van der Waals surface area contributed by atoms with Crippen molar-refractivity contribution >= 4 is 5.69 Å². The standard InChI is InChI=1S/C19H19F6N3O/c1-4-14-16(27-29-17(14)11(2)3)9-28(10-18(20,21)22)13-6-5-12(8-26)15(7-13)19(23,24)25/h5-7,11H,4,9-10H2,1-3H3. The molecule has 1 aromatic heterocycles. The Bertz CT molecular complexity index is 893. The van der Waals surface area contributed by atoms with E-state index in [4.69, 9.17) is 9.78 Å². The number of halogens is 6. The summed E-state index contributed by atoms with van der Waals surface area (Å²) in [4.78, 5) is 0.748. The van der Waals surface area contributed by atoms with Gasteiger partial charge in [0.25, 0.3) is 0 Å². The molecule has 2 rings (SSSR count). The molecule has 4 nitrogen and oxygen atoms in total. The SMILES string of the molecule is CCc1c(CN(CC(F)(F)F)c2ccc(C#N)c(C(F)(F)F)c2)noc1C(C)C. The van der Waals surface area contributed by atoms with Gasteiger partial charge in [-0.15, -0.1) is 0 Å². The lowest BCUT2D eigenvalue weighted by molar-refractivity contribution is -0.137. The number of rotatable bonds is 6. The molecule has 0 N–H and O–H groups in total. The third-order valence-electron chi connectivity index (χ3n) is 4.28. The van der Waals surface area contributed by atoms with E-state index in [0.717, 1.165) is 17.0 Å². The van der Waals surface area contributed by atoms with Crippen LogP contribution in [0.25, 0.3) is 0 Å². The van der Waals surface area contributed by atoms with Crippen molar-refractivity contribution in [3.8, 4) is 6.07 Å². The monoisotopic (exact) mass is 419 g/mol. The minimum atomic E-state index is -4.88. The summed E-state index contributed by atoms with van der Waals surface area (Å²) in [6, 6.07) is 3.90. The molecule has 0 fully saturated rings. The Hall–Kier alpha value is -2.70. The highest BCUT2D eigenvalue weighted by Gasteiger charge is 2.36. The van der Waals surface area contributed by atoms with Gasteiger partial charge in [0.1, 0.15) is 18.0 Å². The molecule has 0 bridgehead atoms. The van der Waals surface area contributed by atoms with Crippen molar-refractivity contribution in [2.75, 3.05) is 11.4 Å². The highest BCUT2D eigenvalue weighted by Crippen LogP contribution is 2.36. The van der Waals surface area contributed by atoms with Crippen LogP contribution in [0.4, 0.5) is 32.0 Å². The first-order chi connectivity index (χ1) is 13.4. The zero-order valence-electron chi connectivity index (χ0n) is 15.9. The molecular formula is C19H19F6N3O. The predicted octanol–water partition coefficient (Wildman–Crippen LogP) is 5.82. The molecule has 0 aliphatic carbocycles. The Morgan fingerprint density at radius 1 is 1.17 bits per heavy atom. The van der Waals surface area contributed by atoms with Crippen LogP contribution in [0.15, 0.2) is 22.7 Å². The summed E-state index contributed by atoms with van der Waals surface area (Å²) in [5.41, 5.74) is -1.39. The van der Waals surface area contributed by atoms with Crippen molar-refractivity contribution in [3.05, 3.63) is 46.3 Å². The maximum atomic E-state index is 13.2. The molecule has 10 heteroatoms. The van der Waals surface area contributed by atoms with E-state index >= 15 is 0 Å². The topological polar surface area (TPSA) is 53.1 Å². The first-order valence-corrected chi connectivity index (χ1v) is 8.77. The van der Waals surface area contributed by atoms with Gasteiger partial charge in [-0.1, -0.05) is 25.9 Å². The van der Waals surface area contributed by atoms with Crippen molar-refractivity contribution < 1.29 is 30.9 Å². The first-order valence-electron chi connectivity index (χ1n) is 8.77. The Morgan fingerprint density at radius 3 is 2.31 bits per heavy atom. The summed E-state index contributed by atoms with van der Waals surface area (Å²) >= 11 is 0. The van der Waals surface area contributed by atoms with Crippen LogP contribution in [0, 0.1) is 11.3 Å². The number of aromatic nitrogens is 1. The largest absolute Gasteiger partial charge is 0.417 e. The van der Waals surface area contributed by atoms with Crippen LogP contribution in [0.1, 0.15) is 54.8 Å². The number of nitrogens with zero attached hydrogens (tertiary/aromatic N) is 3. The van der Waals surface area contributed by atoms with E-state index < -0.39 is 30.0 Å². The van der Waals surface area contributed by atoms with Crippen LogP contribution in [-0.2, 0) is 19.1 Å². The number of nitriles is 1. The smallest absolute Gasteiger partial charge is 0.361 e. The number of anilines is 1. The van der Waals surface area contributed by atoms with Crippen molar-refractivity contribution in [2.45, 2.75) is 52.0 Å². The second-order valence-electron chi connectivity index (χ2n) is 6.79. The average Bonchev–Trinajstić information content (AvgIpc) is 3.01. The molecule has 0 amide bonds. The van der Waals surface area contributed by atoms with E-state index in [-0.39, 0.29) is 23.8 Å². The van der Waals surface area contributed by atoms with Gasteiger partial charge in [-0.05, 0) is 24.6 Å². The molecule has 2 aromatic rings. The normalized spacial score (nSPS) is 12.3. The molecule has 1 aromatic carbocycles. The summed E-state index contributed by atoms with van der Waals surface area (Å²) < 4.78 is 84.3. The third kappa shape index (κ3) is 5.43. The fraction of sp³-hybridized carbons (Fsp3) is 0.474. The molecule has 0 atom stereocenters. The van der Waals surface area contributed by atoms with Crippen LogP contribution in [0.3, 0.4) is 0 Å². The molecule has 158 valence electrons. The molecule has 29 heavy (non-hydrogen) atoms. The molecule has 1 heterocycles. The van der Waals surface area contributed by atoms with E-state index in [0.29, 0.717) is 23.8 Å². The van der Waals surface area contributed by atoms with Crippen molar-refractivity contribution in [1.82, 2.24) is 5.16 Å². The minimum Gasteiger partial charge on any atom is -0.361 e. The highest BCUT2D eigenvalue weighted by molar-refractivity contribution is 5.55. The van der Waals surface area contributed by atoms with Crippen LogP contribution >= 0.6 is 0 Å². The molecule has 0 aliphatic heterocycles. The van der Waals surface area contributed by atoms with Crippen LogP contribution in [-0.4, -0.2) is 17.9 Å². The predicted molar refractivity (Wildman–Crippen MR) is 93.2 cm³/mol. The molecule has 0 aliphatic rings. The van der Waals surface area contributed by atoms with Gasteiger partial charge in [0.15, 0.2) is 0 Å². The van der Waals surface area contributed by atoms with Gasteiger partial charge in [-0.2, -0.15) is 31.6 Å². The van der Waals surface area contributed by atoms with Gasteiger partial charge < -0.3 is 9.42 Å². The van der Waals surface area contributed by atoms with Gasteiger partial charge in [-0.25, -0.2) is 0 Å². The van der Waals surface area contributed by atoms with E-state index in [1.165, 1.54) is 6.07 Å². The van der Waals surface area contributed by atoms with Crippen molar-refractivity contribution in [3.63, 3.8) is 0 Å². The van der Waals surface area contributed by atoms with E-state index in [1.807, 2.05) is 13.8 Å². The second kappa shape index (κ2) is 8.35. The van der Waals surface area contributed by atoms with Gasteiger partial charge in [0.2, 0.25) is 0 Å². The maximum absolute atomic E-state index is 13.2. The van der Waals surface area contributed by atoms with Crippen LogP contribution in [0.2, 0.25) is 0 Å². The summed E-state index contributed by atoms with van der Waals surface area (Å²) in [6.07, 6.45) is -9.09. The maximum Gasteiger partial charge on any atom is 0.417 e. The van der Waals surface area contributed by atoms with Crippen molar-refractivity contribution in [1.29, 1.82) is 5.26 Å². The Balaban J connectivity index is 2.52. The first kappa shape index (κ1) is 22.6. The summed E-state index contributed by atoms with van der Waals surface area (Å²) in [5, 5.41) is 12.7.